The van der Waals surface area contributed by atoms with E-state index in [2.05, 4.69) is 11.4 Å². The van der Waals surface area contributed by atoms with Crippen molar-refractivity contribution in [2.75, 3.05) is 6.54 Å². The molecule has 4 nitrogen and oxygen atoms in total. The molecule has 6 heteroatoms. The van der Waals surface area contributed by atoms with Gasteiger partial charge >= 0.3 is 0 Å². The molecular formula is C16H18Cl2N2O2. The van der Waals surface area contributed by atoms with Crippen molar-refractivity contribution in [3.8, 4) is 0 Å². The first-order chi connectivity index (χ1) is 10.1. The van der Waals surface area contributed by atoms with Gasteiger partial charge in [0, 0.05) is 17.0 Å². The van der Waals surface area contributed by atoms with Gasteiger partial charge in [0.15, 0.2) is 0 Å². The Kier molecular flexibility index (Phi) is 5.16. The molecule has 0 radical (unpaired) electrons. The molecule has 1 aromatic carbocycles. The SMILES string of the molecule is Cl.NCc1cc(C(=O)NCC2(c3cccc(Cl)c3)CC2)co1. The van der Waals surface area contributed by atoms with E-state index in [0.29, 0.717) is 24.4 Å². The summed E-state index contributed by atoms with van der Waals surface area (Å²) in [6.45, 7) is 0.898. The number of amides is 1. The van der Waals surface area contributed by atoms with Gasteiger partial charge in [-0.05, 0) is 36.6 Å². The largest absolute Gasteiger partial charge is 0.467 e. The molecule has 1 fully saturated rings. The number of nitrogens with one attached hydrogen (secondary N) is 1. The number of hydrogen-bond acceptors (Lipinski definition) is 3. The van der Waals surface area contributed by atoms with Crippen molar-refractivity contribution < 1.29 is 9.21 Å². The van der Waals surface area contributed by atoms with E-state index >= 15 is 0 Å². The predicted molar refractivity (Wildman–Crippen MR) is 88.5 cm³/mol. The maximum atomic E-state index is 12.1. The van der Waals surface area contributed by atoms with Gasteiger partial charge in [-0.15, -0.1) is 12.4 Å². The van der Waals surface area contributed by atoms with Gasteiger partial charge in [0.05, 0.1) is 12.1 Å². The molecule has 0 bridgehead atoms. The molecule has 1 aliphatic rings. The van der Waals surface area contributed by atoms with Crippen LogP contribution in [0, 0.1) is 0 Å². The summed E-state index contributed by atoms with van der Waals surface area (Å²) in [5, 5.41) is 3.70. The van der Waals surface area contributed by atoms with E-state index in [1.165, 1.54) is 11.8 Å². The molecule has 1 amide bonds. The quantitative estimate of drug-likeness (QED) is 0.877. The number of carbonyl (C=O) groups is 1. The Balaban J connectivity index is 0.00000176. The average molecular weight is 341 g/mol. The first-order valence-corrected chi connectivity index (χ1v) is 7.32. The summed E-state index contributed by atoms with van der Waals surface area (Å²) >= 11 is 6.04. The third-order valence-corrected chi connectivity index (χ3v) is 4.23. The Morgan fingerprint density at radius 2 is 2.14 bits per heavy atom. The predicted octanol–water partition coefficient (Wildman–Crippen LogP) is 3.28. The molecule has 1 saturated carbocycles. The monoisotopic (exact) mass is 340 g/mol. The molecule has 0 aliphatic heterocycles. The van der Waals surface area contributed by atoms with Crippen molar-refractivity contribution in [1.29, 1.82) is 0 Å². The van der Waals surface area contributed by atoms with Crippen LogP contribution in [0.2, 0.25) is 5.02 Å². The number of furan rings is 1. The Hall–Kier alpha value is -1.49. The van der Waals surface area contributed by atoms with E-state index in [1.54, 1.807) is 6.07 Å². The Labute approximate surface area is 140 Å². The third-order valence-electron chi connectivity index (χ3n) is 4.00. The van der Waals surface area contributed by atoms with Gasteiger partial charge in [0.25, 0.3) is 5.91 Å². The van der Waals surface area contributed by atoms with Crippen LogP contribution in [0.4, 0.5) is 0 Å². The molecule has 3 N–H and O–H groups in total. The van der Waals surface area contributed by atoms with Gasteiger partial charge in [-0.3, -0.25) is 4.79 Å². The normalized spacial score (nSPS) is 15.0. The second kappa shape index (κ2) is 6.73. The second-order valence-corrected chi connectivity index (χ2v) is 5.92. The third kappa shape index (κ3) is 3.46. The maximum Gasteiger partial charge on any atom is 0.254 e. The van der Waals surface area contributed by atoms with Crippen molar-refractivity contribution >= 4 is 29.9 Å². The molecule has 22 heavy (non-hydrogen) atoms. The molecule has 2 aromatic rings. The van der Waals surface area contributed by atoms with E-state index in [4.69, 9.17) is 21.8 Å². The fourth-order valence-corrected chi connectivity index (χ4v) is 2.69. The molecular weight excluding hydrogens is 323 g/mol. The number of nitrogens with two attached hydrogens (primary N) is 1. The van der Waals surface area contributed by atoms with E-state index < -0.39 is 0 Å². The summed E-state index contributed by atoms with van der Waals surface area (Å²) in [5.41, 5.74) is 7.19. The molecule has 0 unspecified atom stereocenters. The zero-order chi connectivity index (χ0) is 14.9. The average Bonchev–Trinajstić information content (AvgIpc) is 3.13. The summed E-state index contributed by atoms with van der Waals surface area (Å²) in [6, 6.07) is 9.53. The number of halogens is 2. The lowest BCUT2D eigenvalue weighted by molar-refractivity contribution is 0.0949. The molecule has 1 aliphatic carbocycles. The molecule has 0 atom stereocenters. The van der Waals surface area contributed by atoms with Gasteiger partial charge in [-0.2, -0.15) is 0 Å². The van der Waals surface area contributed by atoms with E-state index in [1.807, 2.05) is 18.2 Å². The number of rotatable bonds is 5. The van der Waals surface area contributed by atoms with Crippen LogP contribution in [0.5, 0.6) is 0 Å². The zero-order valence-electron chi connectivity index (χ0n) is 12.0. The molecule has 1 heterocycles. The standard InChI is InChI=1S/C16H17ClN2O2.ClH/c17-13-3-1-2-12(7-13)16(4-5-16)10-19-15(20)11-6-14(8-18)21-9-11;/h1-3,6-7,9H,4-5,8,10,18H2,(H,19,20);1H. The van der Waals surface area contributed by atoms with Crippen LogP contribution in [-0.2, 0) is 12.0 Å². The summed E-state index contributed by atoms with van der Waals surface area (Å²) in [7, 11) is 0. The summed E-state index contributed by atoms with van der Waals surface area (Å²) < 4.78 is 5.18. The van der Waals surface area contributed by atoms with E-state index in [-0.39, 0.29) is 23.7 Å². The molecule has 0 saturated heterocycles. The van der Waals surface area contributed by atoms with Crippen LogP contribution >= 0.6 is 24.0 Å². The smallest absolute Gasteiger partial charge is 0.254 e. The van der Waals surface area contributed by atoms with Crippen molar-refractivity contribution in [2.24, 2.45) is 5.73 Å². The highest BCUT2D eigenvalue weighted by Crippen LogP contribution is 2.48. The molecule has 3 rings (SSSR count). The number of carbonyl (C=O) groups excluding carboxylic acids is 1. The van der Waals surface area contributed by atoms with Crippen LogP contribution in [0.1, 0.15) is 34.5 Å². The highest BCUT2D eigenvalue weighted by atomic mass is 35.5. The Morgan fingerprint density at radius 1 is 1.36 bits per heavy atom. The Morgan fingerprint density at radius 3 is 2.73 bits per heavy atom. The summed E-state index contributed by atoms with van der Waals surface area (Å²) in [6.07, 6.45) is 3.57. The van der Waals surface area contributed by atoms with Gasteiger partial charge in [-0.1, -0.05) is 23.7 Å². The van der Waals surface area contributed by atoms with Gasteiger partial charge in [0.2, 0.25) is 0 Å². The topological polar surface area (TPSA) is 68.3 Å². The van der Waals surface area contributed by atoms with Gasteiger partial charge < -0.3 is 15.5 Å². The fraction of sp³-hybridized carbons (Fsp3) is 0.312. The van der Waals surface area contributed by atoms with Crippen LogP contribution in [0.3, 0.4) is 0 Å². The van der Waals surface area contributed by atoms with Gasteiger partial charge in [0.1, 0.15) is 12.0 Å². The lowest BCUT2D eigenvalue weighted by atomic mass is 9.96. The highest BCUT2D eigenvalue weighted by Gasteiger charge is 2.44. The maximum absolute atomic E-state index is 12.1. The van der Waals surface area contributed by atoms with E-state index in [9.17, 15) is 4.79 Å². The zero-order valence-corrected chi connectivity index (χ0v) is 13.5. The summed E-state index contributed by atoms with van der Waals surface area (Å²) in [5.74, 6) is 0.475. The van der Waals surface area contributed by atoms with Crippen LogP contribution in [-0.4, -0.2) is 12.5 Å². The molecule has 118 valence electrons. The Bertz CT molecular complexity index is 666. The van der Waals surface area contributed by atoms with E-state index in [0.717, 1.165) is 17.9 Å². The van der Waals surface area contributed by atoms with Crippen molar-refractivity contribution in [2.45, 2.75) is 24.8 Å². The second-order valence-electron chi connectivity index (χ2n) is 5.48. The van der Waals surface area contributed by atoms with Gasteiger partial charge in [-0.25, -0.2) is 0 Å². The highest BCUT2D eigenvalue weighted by molar-refractivity contribution is 6.30. The van der Waals surface area contributed by atoms with Crippen molar-refractivity contribution in [1.82, 2.24) is 5.32 Å². The number of benzene rings is 1. The van der Waals surface area contributed by atoms with Crippen LogP contribution in [0.25, 0.3) is 0 Å². The minimum Gasteiger partial charge on any atom is -0.467 e. The summed E-state index contributed by atoms with van der Waals surface area (Å²) in [4.78, 5) is 12.1. The number of hydrogen-bond donors (Lipinski definition) is 2. The van der Waals surface area contributed by atoms with Crippen molar-refractivity contribution in [3.63, 3.8) is 0 Å². The molecule has 0 spiro atoms. The fourth-order valence-electron chi connectivity index (χ4n) is 2.50. The van der Waals surface area contributed by atoms with Crippen LogP contribution < -0.4 is 11.1 Å². The molecule has 1 aromatic heterocycles. The first-order valence-electron chi connectivity index (χ1n) is 6.95. The van der Waals surface area contributed by atoms with Crippen molar-refractivity contribution in [3.05, 3.63) is 58.5 Å². The minimum absolute atomic E-state index is 0. The lowest BCUT2D eigenvalue weighted by Crippen LogP contribution is -2.32. The first kappa shape index (κ1) is 16.9. The lowest BCUT2D eigenvalue weighted by Gasteiger charge is -2.16. The van der Waals surface area contributed by atoms with Crippen LogP contribution in [0.15, 0.2) is 41.0 Å². The minimum atomic E-state index is -0.133.